The van der Waals surface area contributed by atoms with Crippen LogP contribution in [0.25, 0.3) is 0 Å². The minimum atomic E-state index is -0.576. The number of anilines is 1. The molecule has 0 spiro atoms. The Morgan fingerprint density at radius 2 is 2.03 bits per heavy atom. The van der Waals surface area contributed by atoms with E-state index in [-0.39, 0.29) is 29.2 Å². The molecule has 0 saturated heterocycles. The normalized spacial score (nSPS) is 10.9. The quantitative estimate of drug-likeness (QED) is 0.367. The number of aryl methyl sites for hydroxylation is 2. The van der Waals surface area contributed by atoms with E-state index in [2.05, 4.69) is 47.4 Å². The zero-order valence-corrected chi connectivity index (χ0v) is 18.9. The van der Waals surface area contributed by atoms with Gasteiger partial charge in [0, 0.05) is 12.1 Å². The van der Waals surface area contributed by atoms with Gasteiger partial charge in [-0.2, -0.15) is 9.78 Å². The second-order valence-corrected chi connectivity index (χ2v) is 8.11. The molecule has 0 saturated carbocycles. The molecule has 9 nitrogen and oxygen atoms in total. The summed E-state index contributed by atoms with van der Waals surface area (Å²) in [7, 11) is 0. The summed E-state index contributed by atoms with van der Waals surface area (Å²) < 4.78 is 4.56. The number of carbonyl (C=O) groups is 1. The van der Waals surface area contributed by atoms with Gasteiger partial charge in [-0.3, -0.25) is 9.48 Å². The lowest BCUT2D eigenvalue weighted by molar-refractivity contribution is -0.390. The summed E-state index contributed by atoms with van der Waals surface area (Å²) in [6.45, 7) is 4.76. The molecule has 0 aliphatic carbocycles. The average Bonchev–Trinajstić information content (AvgIpc) is 3.15. The number of nitro groups is 1. The van der Waals surface area contributed by atoms with Crippen LogP contribution in [0.2, 0.25) is 0 Å². The van der Waals surface area contributed by atoms with E-state index in [1.165, 1.54) is 10.9 Å². The molecule has 0 aliphatic rings. The average molecular weight is 526 g/mol. The highest BCUT2D eigenvalue weighted by Crippen LogP contribution is 2.23. The van der Waals surface area contributed by atoms with Crippen molar-refractivity contribution < 1.29 is 9.72 Å². The zero-order chi connectivity index (χ0) is 21.1. The van der Waals surface area contributed by atoms with Gasteiger partial charge < -0.3 is 15.4 Å². The van der Waals surface area contributed by atoms with E-state index in [1.807, 2.05) is 42.8 Å². The van der Waals surface area contributed by atoms with Gasteiger partial charge in [0.2, 0.25) is 5.91 Å². The maximum absolute atomic E-state index is 12.3. The van der Waals surface area contributed by atoms with E-state index in [0.717, 1.165) is 21.4 Å². The van der Waals surface area contributed by atoms with Gasteiger partial charge >= 0.3 is 5.82 Å². The standard InChI is InChI=1S/C18H18Br2N6O3/c1-11-17(20)12(2)25(22-11)9-13-4-3-5-14(8-13)21-16(27)6-7-24-10-15(19)18(23-24)26(28)29/h3-5,8,10H,6-7,9H2,1-2H3,(H,21,27). The third-order valence-electron chi connectivity index (χ3n) is 4.28. The van der Waals surface area contributed by atoms with Crippen molar-refractivity contribution in [1.82, 2.24) is 19.6 Å². The van der Waals surface area contributed by atoms with Gasteiger partial charge in [-0.1, -0.05) is 12.1 Å². The van der Waals surface area contributed by atoms with E-state index < -0.39 is 4.92 Å². The summed E-state index contributed by atoms with van der Waals surface area (Å²) in [6, 6.07) is 7.56. The molecule has 0 bridgehead atoms. The van der Waals surface area contributed by atoms with Gasteiger partial charge in [-0.15, -0.1) is 0 Å². The lowest BCUT2D eigenvalue weighted by Gasteiger charge is -2.09. The monoisotopic (exact) mass is 524 g/mol. The SMILES string of the molecule is Cc1nn(Cc2cccc(NC(=O)CCn3cc(Br)c([N+](=O)[O-])n3)c2)c(C)c1Br. The molecule has 0 radical (unpaired) electrons. The fraction of sp³-hybridized carbons (Fsp3) is 0.278. The van der Waals surface area contributed by atoms with Crippen molar-refractivity contribution in [3.05, 3.63) is 66.5 Å². The van der Waals surface area contributed by atoms with E-state index in [4.69, 9.17) is 0 Å². The van der Waals surface area contributed by atoms with Crippen LogP contribution in [0.5, 0.6) is 0 Å². The molecule has 1 aromatic carbocycles. The first-order valence-corrected chi connectivity index (χ1v) is 10.3. The van der Waals surface area contributed by atoms with Crippen LogP contribution in [0.1, 0.15) is 23.4 Å². The highest BCUT2D eigenvalue weighted by Gasteiger charge is 2.19. The van der Waals surface area contributed by atoms with Crippen LogP contribution >= 0.6 is 31.9 Å². The molecule has 29 heavy (non-hydrogen) atoms. The molecule has 1 amide bonds. The zero-order valence-electron chi connectivity index (χ0n) is 15.7. The maximum atomic E-state index is 12.3. The molecule has 152 valence electrons. The molecule has 0 fully saturated rings. The fourth-order valence-electron chi connectivity index (χ4n) is 2.81. The van der Waals surface area contributed by atoms with Gasteiger partial charge in [0.15, 0.2) is 0 Å². The molecular weight excluding hydrogens is 508 g/mol. The Bertz CT molecular complexity index is 1080. The number of carbonyl (C=O) groups excluding carboxylic acids is 1. The number of hydrogen-bond donors (Lipinski definition) is 1. The number of nitrogens with zero attached hydrogens (tertiary/aromatic N) is 5. The van der Waals surface area contributed by atoms with Crippen LogP contribution in [0.15, 0.2) is 39.4 Å². The molecule has 3 rings (SSSR count). The van der Waals surface area contributed by atoms with Gasteiger partial charge in [0.1, 0.15) is 4.47 Å². The molecule has 0 aliphatic heterocycles. The van der Waals surface area contributed by atoms with Gasteiger partial charge in [0.05, 0.1) is 40.2 Å². The highest BCUT2D eigenvalue weighted by molar-refractivity contribution is 9.11. The lowest BCUT2D eigenvalue weighted by atomic mass is 10.2. The lowest BCUT2D eigenvalue weighted by Crippen LogP contribution is -2.15. The number of hydrogen-bond acceptors (Lipinski definition) is 5. The molecule has 11 heteroatoms. The number of benzene rings is 1. The summed E-state index contributed by atoms with van der Waals surface area (Å²) in [5, 5.41) is 22.0. The van der Waals surface area contributed by atoms with Gasteiger partial charge in [-0.05, 0) is 68.3 Å². The van der Waals surface area contributed by atoms with Crippen molar-refractivity contribution in [1.29, 1.82) is 0 Å². The van der Waals surface area contributed by atoms with E-state index >= 15 is 0 Å². The smallest absolute Gasteiger partial charge is 0.358 e. The minimum absolute atomic E-state index is 0.139. The molecule has 2 heterocycles. The fourth-order valence-corrected chi connectivity index (χ4v) is 3.56. The first-order chi connectivity index (χ1) is 13.7. The first kappa shape index (κ1) is 21.2. The summed E-state index contributed by atoms with van der Waals surface area (Å²) >= 11 is 6.61. The van der Waals surface area contributed by atoms with Crippen molar-refractivity contribution in [2.75, 3.05) is 5.32 Å². The summed E-state index contributed by atoms with van der Waals surface area (Å²) in [6.07, 6.45) is 1.62. The van der Waals surface area contributed by atoms with Crippen molar-refractivity contribution in [2.45, 2.75) is 33.4 Å². The summed E-state index contributed by atoms with van der Waals surface area (Å²) in [5.74, 6) is -0.473. The first-order valence-electron chi connectivity index (χ1n) is 8.70. The largest absolute Gasteiger partial charge is 0.404 e. The maximum Gasteiger partial charge on any atom is 0.404 e. The van der Waals surface area contributed by atoms with Crippen LogP contribution in [0, 0.1) is 24.0 Å². The molecule has 2 aromatic heterocycles. The molecular formula is C18H18Br2N6O3. The van der Waals surface area contributed by atoms with Crippen molar-refractivity contribution in [3.8, 4) is 0 Å². The second-order valence-electron chi connectivity index (χ2n) is 6.46. The Balaban J connectivity index is 1.61. The van der Waals surface area contributed by atoms with Crippen molar-refractivity contribution in [2.24, 2.45) is 0 Å². The third kappa shape index (κ3) is 5.10. The molecule has 1 N–H and O–H groups in total. The third-order valence-corrected chi connectivity index (χ3v) is 5.98. The Hall–Kier alpha value is -2.53. The molecule has 0 atom stereocenters. The molecule has 0 unspecified atom stereocenters. The molecule has 3 aromatic rings. The second kappa shape index (κ2) is 8.87. The van der Waals surface area contributed by atoms with E-state index in [1.54, 1.807) is 0 Å². The number of halogens is 2. The van der Waals surface area contributed by atoms with Crippen molar-refractivity contribution in [3.63, 3.8) is 0 Å². The number of nitrogens with one attached hydrogen (secondary N) is 1. The number of rotatable bonds is 7. The Kier molecular flexibility index (Phi) is 6.48. The van der Waals surface area contributed by atoms with Crippen LogP contribution < -0.4 is 5.32 Å². The topological polar surface area (TPSA) is 108 Å². The number of aromatic nitrogens is 4. The van der Waals surface area contributed by atoms with Gasteiger partial charge in [-0.25, -0.2) is 0 Å². The Morgan fingerprint density at radius 3 is 2.66 bits per heavy atom. The van der Waals surface area contributed by atoms with Crippen LogP contribution in [-0.4, -0.2) is 30.4 Å². The minimum Gasteiger partial charge on any atom is -0.358 e. The summed E-state index contributed by atoms with van der Waals surface area (Å²) in [5.41, 5.74) is 3.65. The Labute approximate surface area is 183 Å². The Morgan fingerprint density at radius 1 is 1.28 bits per heavy atom. The number of amides is 1. The van der Waals surface area contributed by atoms with Crippen molar-refractivity contribution >= 4 is 49.3 Å². The predicted octanol–water partition coefficient (Wildman–Crippen LogP) is 4.21. The summed E-state index contributed by atoms with van der Waals surface area (Å²) in [4.78, 5) is 22.5. The predicted molar refractivity (Wildman–Crippen MR) is 115 cm³/mol. The van der Waals surface area contributed by atoms with Crippen LogP contribution in [0.3, 0.4) is 0 Å². The van der Waals surface area contributed by atoms with Crippen LogP contribution in [-0.2, 0) is 17.9 Å². The van der Waals surface area contributed by atoms with E-state index in [9.17, 15) is 14.9 Å². The van der Waals surface area contributed by atoms with Gasteiger partial charge in [0.25, 0.3) is 0 Å². The highest BCUT2D eigenvalue weighted by atomic mass is 79.9. The van der Waals surface area contributed by atoms with Crippen LogP contribution in [0.4, 0.5) is 11.5 Å². The van der Waals surface area contributed by atoms with E-state index in [0.29, 0.717) is 12.2 Å².